The summed E-state index contributed by atoms with van der Waals surface area (Å²) in [6.07, 6.45) is 1.51. The van der Waals surface area contributed by atoms with E-state index in [1.165, 1.54) is 0 Å². The topological polar surface area (TPSA) is 61.4 Å². The molecule has 0 unspecified atom stereocenters. The summed E-state index contributed by atoms with van der Waals surface area (Å²) >= 11 is 0. The van der Waals surface area contributed by atoms with Gasteiger partial charge >= 0.3 is 0 Å². The van der Waals surface area contributed by atoms with Crippen molar-refractivity contribution < 1.29 is 9.59 Å². The first kappa shape index (κ1) is 15.9. The molecule has 17 heavy (non-hydrogen) atoms. The maximum atomic E-state index is 11.6. The van der Waals surface area contributed by atoms with Gasteiger partial charge in [0.2, 0.25) is 11.8 Å². The van der Waals surface area contributed by atoms with Crippen LogP contribution in [-0.2, 0) is 9.59 Å². The fourth-order valence-electron chi connectivity index (χ4n) is 1.55. The fourth-order valence-corrected chi connectivity index (χ4v) is 1.55. The second kappa shape index (κ2) is 10.1. The first-order valence-electron chi connectivity index (χ1n) is 6.34. The number of likely N-dealkylation sites (N-methyl/N-ethyl adjacent to an activating group) is 1. The van der Waals surface area contributed by atoms with Gasteiger partial charge in [-0.15, -0.1) is 0 Å². The molecule has 0 aromatic rings. The molecule has 2 N–H and O–H groups in total. The molecule has 0 spiro atoms. The third-order valence-electron chi connectivity index (χ3n) is 2.61. The van der Waals surface area contributed by atoms with Crippen LogP contribution < -0.4 is 10.6 Å². The van der Waals surface area contributed by atoms with Gasteiger partial charge in [0, 0.05) is 39.0 Å². The van der Waals surface area contributed by atoms with Gasteiger partial charge in [-0.3, -0.25) is 9.59 Å². The average Bonchev–Trinajstić information content (AvgIpc) is 2.31. The van der Waals surface area contributed by atoms with Gasteiger partial charge in [0.1, 0.15) is 0 Å². The maximum Gasteiger partial charge on any atom is 0.222 e. The van der Waals surface area contributed by atoms with Crippen molar-refractivity contribution in [2.45, 2.75) is 33.1 Å². The monoisotopic (exact) mass is 243 g/mol. The van der Waals surface area contributed by atoms with Crippen LogP contribution in [0.4, 0.5) is 0 Å². The Hall–Kier alpha value is -1.10. The predicted molar refractivity (Wildman–Crippen MR) is 68.7 cm³/mol. The van der Waals surface area contributed by atoms with Gasteiger partial charge < -0.3 is 15.5 Å². The van der Waals surface area contributed by atoms with Crippen molar-refractivity contribution in [3.63, 3.8) is 0 Å². The first-order chi connectivity index (χ1) is 8.15. The van der Waals surface area contributed by atoms with E-state index in [1.54, 1.807) is 4.90 Å². The molecule has 0 saturated heterocycles. The van der Waals surface area contributed by atoms with E-state index >= 15 is 0 Å². The number of carbonyl (C=O) groups excluding carboxylic acids is 2. The van der Waals surface area contributed by atoms with Crippen LogP contribution in [0.2, 0.25) is 0 Å². The number of hydrogen-bond donors (Lipinski definition) is 2. The number of carbonyl (C=O) groups is 2. The van der Waals surface area contributed by atoms with Crippen molar-refractivity contribution in [2.24, 2.45) is 0 Å². The summed E-state index contributed by atoms with van der Waals surface area (Å²) in [6.45, 7) is 6.81. The van der Waals surface area contributed by atoms with Crippen molar-refractivity contribution in [3.05, 3.63) is 0 Å². The van der Waals surface area contributed by atoms with Gasteiger partial charge in [0.25, 0.3) is 0 Å². The molecule has 100 valence electrons. The second-order valence-electron chi connectivity index (χ2n) is 3.87. The van der Waals surface area contributed by atoms with Crippen LogP contribution in [-0.4, -0.2) is 49.9 Å². The Bertz CT molecular complexity index is 228. The molecule has 0 aliphatic carbocycles. The Labute approximate surface area is 104 Å². The van der Waals surface area contributed by atoms with Crippen LogP contribution in [0.1, 0.15) is 33.1 Å². The van der Waals surface area contributed by atoms with Crippen LogP contribution in [0.3, 0.4) is 0 Å². The zero-order valence-corrected chi connectivity index (χ0v) is 11.2. The van der Waals surface area contributed by atoms with E-state index in [2.05, 4.69) is 10.6 Å². The van der Waals surface area contributed by atoms with Crippen molar-refractivity contribution in [1.82, 2.24) is 15.5 Å². The zero-order chi connectivity index (χ0) is 13.1. The van der Waals surface area contributed by atoms with Gasteiger partial charge in [0.15, 0.2) is 0 Å². The van der Waals surface area contributed by atoms with Crippen LogP contribution in [0.5, 0.6) is 0 Å². The van der Waals surface area contributed by atoms with E-state index in [0.29, 0.717) is 25.8 Å². The summed E-state index contributed by atoms with van der Waals surface area (Å²) in [4.78, 5) is 24.8. The molecular weight excluding hydrogens is 218 g/mol. The largest absolute Gasteiger partial charge is 0.355 e. The molecular formula is C12H25N3O2. The summed E-state index contributed by atoms with van der Waals surface area (Å²) in [6, 6.07) is 0. The van der Waals surface area contributed by atoms with Crippen molar-refractivity contribution in [1.29, 1.82) is 0 Å². The normalized spacial score (nSPS) is 10.1. The standard InChI is InChI=1S/C12H25N3O2/c1-4-15(5-2)12(17)8-6-7-11(16)14-10-9-13-3/h13H,4-10H2,1-3H3,(H,14,16). The van der Waals surface area contributed by atoms with E-state index in [4.69, 9.17) is 0 Å². The summed E-state index contributed by atoms with van der Waals surface area (Å²) in [7, 11) is 1.84. The molecule has 5 nitrogen and oxygen atoms in total. The van der Waals surface area contributed by atoms with E-state index in [0.717, 1.165) is 19.6 Å². The molecule has 0 heterocycles. The number of hydrogen-bond acceptors (Lipinski definition) is 3. The highest BCUT2D eigenvalue weighted by Crippen LogP contribution is 2.00. The van der Waals surface area contributed by atoms with Crippen LogP contribution in [0.25, 0.3) is 0 Å². The molecule has 0 aromatic heterocycles. The minimum absolute atomic E-state index is 0.0209. The maximum absolute atomic E-state index is 11.6. The second-order valence-corrected chi connectivity index (χ2v) is 3.87. The number of amides is 2. The SMILES string of the molecule is CCN(CC)C(=O)CCCC(=O)NCCNC. The molecule has 0 saturated carbocycles. The Morgan fingerprint density at radius 3 is 2.24 bits per heavy atom. The smallest absolute Gasteiger partial charge is 0.222 e. The van der Waals surface area contributed by atoms with Crippen molar-refractivity contribution in [3.8, 4) is 0 Å². The van der Waals surface area contributed by atoms with Crippen LogP contribution >= 0.6 is 0 Å². The Morgan fingerprint density at radius 2 is 1.71 bits per heavy atom. The minimum Gasteiger partial charge on any atom is -0.355 e. The lowest BCUT2D eigenvalue weighted by Gasteiger charge is -2.18. The third-order valence-corrected chi connectivity index (χ3v) is 2.61. The van der Waals surface area contributed by atoms with E-state index in [9.17, 15) is 9.59 Å². The third kappa shape index (κ3) is 7.74. The van der Waals surface area contributed by atoms with Gasteiger partial charge in [-0.1, -0.05) is 0 Å². The highest BCUT2D eigenvalue weighted by molar-refractivity contribution is 5.78. The van der Waals surface area contributed by atoms with Gasteiger partial charge in [0.05, 0.1) is 0 Å². The van der Waals surface area contributed by atoms with E-state index in [-0.39, 0.29) is 11.8 Å². The highest BCUT2D eigenvalue weighted by atomic mass is 16.2. The Kier molecular flexibility index (Phi) is 9.43. The summed E-state index contributed by atoms with van der Waals surface area (Å²) < 4.78 is 0. The molecule has 5 heteroatoms. The lowest BCUT2D eigenvalue weighted by molar-refractivity contribution is -0.131. The zero-order valence-electron chi connectivity index (χ0n) is 11.2. The molecule has 2 amide bonds. The fraction of sp³-hybridized carbons (Fsp3) is 0.833. The van der Waals surface area contributed by atoms with E-state index < -0.39 is 0 Å². The van der Waals surface area contributed by atoms with Crippen LogP contribution in [0.15, 0.2) is 0 Å². The molecule has 0 fully saturated rings. The Balaban J connectivity index is 3.61. The first-order valence-corrected chi connectivity index (χ1v) is 6.34. The molecule has 0 atom stereocenters. The van der Waals surface area contributed by atoms with E-state index in [1.807, 2.05) is 20.9 Å². The number of rotatable bonds is 9. The number of nitrogens with one attached hydrogen (secondary N) is 2. The summed E-state index contributed by atoms with van der Waals surface area (Å²) in [5.74, 6) is 0.158. The van der Waals surface area contributed by atoms with Gasteiger partial charge in [-0.25, -0.2) is 0 Å². The summed E-state index contributed by atoms with van der Waals surface area (Å²) in [5, 5.41) is 5.74. The van der Waals surface area contributed by atoms with Gasteiger partial charge in [-0.05, 0) is 27.3 Å². The lowest BCUT2D eigenvalue weighted by Crippen LogP contribution is -2.32. The molecule has 0 radical (unpaired) electrons. The lowest BCUT2D eigenvalue weighted by atomic mass is 10.2. The quantitative estimate of drug-likeness (QED) is 0.575. The molecule has 0 rings (SSSR count). The molecule has 0 bridgehead atoms. The van der Waals surface area contributed by atoms with Crippen LogP contribution in [0, 0.1) is 0 Å². The summed E-state index contributed by atoms with van der Waals surface area (Å²) in [5.41, 5.74) is 0. The average molecular weight is 243 g/mol. The molecule has 0 aliphatic heterocycles. The Morgan fingerprint density at radius 1 is 1.06 bits per heavy atom. The van der Waals surface area contributed by atoms with Gasteiger partial charge in [-0.2, -0.15) is 0 Å². The predicted octanol–water partition coefficient (Wildman–Crippen LogP) is 0.361. The minimum atomic E-state index is 0.0209. The number of nitrogens with zero attached hydrogens (tertiary/aromatic N) is 1. The molecule has 0 aromatic carbocycles. The van der Waals surface area contributed by atoms with Crippen molar-refractivity contribution in [2.75, 3.05) is 33.2 Å². The van der Waals surface area contributed by atoms with Crippen molar-refractivity contribution >= 4 is 11.8 Å². The molecule has 0 aliphatic rings. The highest BCUT2D eigenvalue weighted by Gasteiger charge is 2.09.